The van der Waals surface area contributed by atoms with Crippen LogP contribution in [-0.2, 0) is 0 Å². The molecule has 0 amide bonds. The van der Waals surface area contributed by atoms with Crippen molar-refractivity contribution >= 4 is 11.6 Å². The van der Waals surface area contributed by atoms with E-state index in [9.17, 15) is 0 Å². The normalized spacial score (nSPS) is 12.1. The SMILES string of the molecule is C[C@@H](Oc1ccccc1)c1nc(-c2ccc(Cl)cc2)no1. The van der Waals surface area contributed by atoms with E-state index in [1.54, 1.807) is 12.1 Å². The molecule has 0 N–H and O–H groups in total. The van der Waals surface area contributed by atoms with Gasteiger partial charge in [0.15, 0.2) is 6.10 Å². The highest BCUT2D eigenvalue weighted by atomic mass is 35.5. The first-order valence-electron chi connectivity index (χ1n) is 6.53. The summed E-state index contributed by atoms with van der Waals surface area (Å²) in [6.07, 6.45) is -0.319. The highest BCUT2D eigenvalue weighted by Gasteiger charge is 2.16. The molecule has 21 heavy (non-hydrogen) atoms. The summed E-state index contributed by atoms with van der Waals surface area (Å²) in [5.41, 5.74) is 0.848. The molecular weight excluding hydrogens is 288 g/mol. The molecule has 1 aromatic heterocycles. The van der Waals surface area contributed by atoms with Crippen LogP contribution < -0.4 is 4.74 Å². The molecule has 0 saturated heterocycles. The summed E-state index contributed by atoms with van der Waals surface area (Å²) >= 11 is 5.86. The molecule has 0 unspecified atom stereocenters. The Morgan fingerprint density at radius 2 is 1.76 bits per heavy atom. The van der Waals surface area contributed by atoms with Crippen LogP contribution in [0.5, 0.6) is 5.75 Å². The summed E-state index contributed by atoms with van der Waals surface area (Å²) in [7, 11) is 0. The Balaban J connectivity index is 1.76. The Morgan fingerprint density at radius 1 is 1.05 bits per heavy atom. The molecule has 0 fully saturated rings. The van der Waals surface area contributed by atoms with Crippen molar-refractivity contribution in [3.8, 4) is 17.1 Å². The van der Waals surface area contributed by atoms with E-state index in [0.717, 1.165) is 11.3 Å². The molecule has 0 aliphatic heterocycles. The molecule has 0 spiro atoms. The number of hydrogen-bond acceptors (Lipinski definition) is 4. The van der Waals surface area contributed by atoms with E-state index in [-0.39, 0.29) is 6.10 Å². The third-order valence-corrected chi connectivity index (χ3v) is 3.20. The van der Waals surface area contributed by atoms with Gasteiger partial charge in [0, 0.05) is 10.6 Å². The quantitative estimate of drug-likeness (QED) is 0.710. The summed E-state index contributed by atoms with van der Waals surface area (Å²) in [4.78, 5) is 4.36. The lowest BCUT2D eigenvalue weighted by Crippen LogP contribution is -2.03. The third kappa shape index (κ3) is 3.23. The summed E-state index contributed by atoms with van der Waals surface area (Å²) < 4.78 is 11.0. The third-order valence-electron chi connectivity index (χ3n) is 2.95. The van der Waals surface area contributed by atoms with Crippen LogP contribution in [0.25, 0.3) is 11.4 Å². The first-order valence-corrected chi connectivity index (χ1v) is 6.91. The molecule has 0 bridgehead atoms. The van der Waals surface area contributed by atoms with E-state index in [1.807, 2.05) is 49.4 Å². The van der Waals surface area contributed by atoms with E-state index in [0.29, 0.717) is 16.7 Å². The standard InChI is InChI=1S/C16H13ClN2O2/c1-11(20-14-5-3-2-4-6-14)16-18-15(19-21-16)12-7-9-13(17)10-8-12/h2-11H,1H3/t11-/m1/s1. The van der Waals surface area contributed by atoms with Crippen molar-refractivity contribution in [2.24, 2.45) is 0 Å². The summed E-state index contributed by atoms with van der Waals surface area (Å²) in [5, 5.41) is 4.64. The molecule has 0 saturated carbocycles. The Bertz CT molecular complexity index is 711. The van der Waals surface area contributed by atoms with Gasteiger partial charge in [0.05, 0.1) is 0 Å². The van der Waals surface area contributed by atoms with Crippen LogP contribution in [0, 0.1) is 0 Å². The van der Waals surface area contributed by atoms with Crippen molar-refractivity contribution in [3.63, 3.8) is 0 Å². The van der Waals surface area contributed by atoms with Crippen LogP contribution >= 0.6 is 11.6 Å². The number of rotatable bonds is 4. The number of nitrogens with zero attached hydrogens (tertiary/aromatic N) is 2. The topological polar surface area (TPSA) is 48.2 Å². The van der Waals surface area contributed by atoms with Gasteiger partial charge in [-0.2, -0.15) is 4.98 Å². The van der Waals surface area contributed by atoms with Crippen molar-refractivity contribution in [3.05, 3.63) is 65.5 Å². The van der Waals surface area contributed by atoms with Crippen molar-refractivity contribution in [1.82, 2.24) is 10.1 Å². The highest BCUT2D eigenvalue weighted by Crippen LogP contribution is 2.23. The van der Waals surface area contributed by atoms with Crippen LogP contribution in [0.4, 0.5) is 0 Å². The summed E-state index contributed by atoms with van der Waals surface area (Å²) in [6.45, 7) is 1.87. The lowest BCUT2D eigenvalue weighted by Gasteiger charge is -2.09. The number of ether oxygens (including phenoxy) is 1. The fourth-order valence-electron chi connectivity index (χ4n) is 1.87. The number of halogens is 1. The van der Waals surface area contributed by atoms with E-state index in [1.165, 1.54) is 0 Å². The number of para-hydroxylation sites is 1. The lowest BCUT2D eigenvalue weighted by atomic mass is 10.2. The molecule has 1 atom stereocenters. The van der Waals surface area contributed by atoms with Gasteiger partial charge in [-0.1, -0.05) is 35.0 Å². The van der Waals surface area contributed by atoms with Crippen LogP contribution in [0.3, 0.4) is 0 Å². The minimum absolute atomic E-state index is 0.319. The zero-order chi connectivity index (χ0) is 14.7. The number of hydrogen-bond donors (Lipinski definition) is 0. The maximum Gasteiger partial charge on any atom is 0.267 e. The first-order chi connectivity index (χ1) is 10.2. The smallest absolute Gasteiger partial charge is 0.267 e. The number of aromatic nitrogens is 2. The Hall–Kier alpha value is -2.33. The average molecular weight is 301 g/mol. The van der Waals surface area contributed by atoms with Gasteiger partial charge in [-0.3, -0.25) is 0 Å². The monoisotopic (exact) mass is 300 g/mol. The van der Waals surface area contributed by atoms with E-state index in [2.05, 4.69) is 10.1 Å². The molecule has 0 aliphatic carbocycles. The van der Waals surface area contributed by atoms with Gasteiger partial charge < -0.3 is 9.26 Å². The fraction of sp³-hybridized carbons (Fsp3) is 0.125. The predicted molar refractivity (Wildman–Crippen MR) is 80.2 cm³/mol. The van der Waals surface area contributed by atoms with Gasteiger partial charge in [-0.05, 0) is 43.3 Å². The van der Waals surface area contributed by atoms with Crippen molar-refractivity contribution in [1.29, 1.82) is 0 Å². The summed E-state index contributed by atoms with van der Waals surface area (Å²) in [5.74, 6) is 1.71. The minimum Gasteiger partial charge on any atom is -0.481 e. The molecule has 0 aliphatic rings. The maximum atomic E-state index is 5.86. The van der Waals surface area contributed by atoms with E-state index < -0.39 is 0 Å². The second-order valence-corrected chi connectivity index (χ2v) is 4.97. The second kappa shape index (κ2) is 5.97. The van der Waals surface area contributed by atoms with Crippen molar-refractivity contribution < 1.29 is 9.26 Å². The molecule has 3 aromatic rings. The van der Waals surface area contributed by atoms with E-state index >= 15 is 0 Å². The molecule has 3 rings (SSSR count). The molecule has 2 aromatic carbocycles. The maximum absolute atomic E-state index is 5.86. The van der Waals surface area contributed by atoms with E-state index in [4.69, 9.17) is 20.9 Å². The van der Waals surface area contributed by atoms with Gasteiger partial charge >= 0.3 is 0 Å². The van der Waals surface area contributed by atoms with Crippen LogP contribution in [0.2, 0.25) is 5.02 Å². The average Bonchev–Trinajstić information content (AvgIpc) is 2.99. The molecule has 0 radical (unpaired) electrons. The Labute approximate surface area is 127 Å². The van der Waals surface area contributed by atoms with Crippen LogP contribution in [0.1, 0.15) is 18.9 Å². The lowest BCUT2D eigenvalue weighted by molar-refractivity contribution is 0.176. The molecule has 106 valence electrons. The second-order valence-electron chi connectivity index (χ2n) is 4.54. The van der Waals surface area contributed by atoms with Gasteiger partial charge in [0.1, 0.15) is 5.75 Å². The first kappa shape index (κ1) is 13.6. The fourth-order valence-corrected chi connectivity index (χ4v) is 2.00. The van der Waals surface area contributed by atoms with Gasteiger partial charge in [-0.15, -0.1) is 0 Å². The van der Waals surface area contributed by atoms with Gasteiger partial charge in [0.2, 0.25) is 5.82 Å². The Kier molecular flexibility index (Phi) is 3.88. The molecular formula is C16H13ClN2O2. The van der Waals surface area contributed by atoms with Gasteiger partial charge in [-0.25, -0.2) is 0 Å². The zero-order valence-corrected chi connectivity index (χ0v) is 12.1. The van der Waals surface area contributed by atoms with Crippen molar-refractivity contribution in [2.75, 3.05) is 0 Å². The minimum atomic E-state index is -0.319. The largest absolute Gasteiger partial charge is 0.481 e. The number of benzene rings is 2. The van der Waals surface area contributed by atoms with Crippen LogP contribution in [0.15, 0.2) is 59.1 Å². The van der Waals surface area contributed by atoms with Gasteiger partial charge in [0.25, 0.3) is 5.89 Å². The zero-order valence-electron chi connectivity index (χ0n) is 11.4. The summed E-state index contributed by atoms with van der Waals surface area (Å²) in [6, 6.07) is 16.8. The molecule has 5 heteroatoms. The predicted octanol–water partition coefficient (Wildman–Crippen LogP) is 4.53. The molecule has 4 nitrogen and oxygen atoms in total. The van der Waals surface area contributed by atoms with Crippen molar-refractivity contribution in [2.45, 2.75) is 13.0 Å². The molecule has 1 heterocycles. The Morgan fingerprint density at radius 3 is 2.48 bits per heavy atom. The highest BCUT2D eigenvalue weighted by molar-refractivity contribution is 6.30. The van der Waals surface area contributed by atoms with Crippen LogP contribution in [-0.4, -0.2) is 10.1 Å².